The van der Waals surface area contributed by atoms with Crippen molar-refractivity contribution in [3.63, 3.8) is 0 Å². The van der Waals surface area contributed by atoms with Crippen molar-refractivity contribution in [2.24, 2.45) is 0 Å². The van der Waals surface area contributed by atoms with E-state index in [0.29, 0.717) is 45.2 Å². The van der Waals surface area contributed by atoms with E-state index in [1.807, 2.05) is 86.9 Å². The molecular formula is C87H119Br4ClN5O18P. The Morgan fingerprint density at radius 1 is 0.483 bits per heavy atom. The summed E-state index contributed by atoms with van der Waals surface area (Å²) in [6.07, 6.45) is 17.3. The molecule has 5 aromatic carbocycles. The molecule has 5 aliphatic heterocycles. The van der Waals surface area contributed by atoms with Crippen molar-refractivity contribution in [2.45, 2.75) is 143 Å². The van der Waals surface area contributed by atoms with Gasteiger partial charge in [-0.05, 0) is 209 Å². The first-order chi connectivity index (χ1) is 54.9. The number of benzene rings is 5. The van der Waals surface area contributed by atoms with E-state index in [0.717, 1.165) is 187 Å². The second-order valence-corrected chi connectivity index (χ2v) is 35.9. The summed E-state index contributed by atoms with van der Waals surface area (Å²) in [6.45, 7) is 15.7. The Labute approximate surface area is 725 Å². The lowest BCUT2D eigenvalue weighted by molar-refractivity contribution is -0.122. The minimum Gasteiger partial charge on any atom is -0.478 e. The van der Waals surface area contributed by atoms with Gasteiger partial charge < -0.3 is 62.3 Å². The van der Waals surface area contributed by atoms with Gasteiger partial charge in [-0.2, -0.15) is 0 Å². The molecule has 1 atom stereocenters. The first-order valence-corrected chi connectivity index (χ1v) is 44.2. The van der Waals surface area contributed by atoms with Crippen LogP contribution in [0.15, 0.2) is 132 Å². The maximum Gasteiger partial charge on any atom is 0.404 e. The summed E-state index contributed by atoms with van der Waals surface area (Å²) in [5, 5.41) is 9.66. The van der Waals surface area contributed by atoms with Gasteiger partial charge in [-0.1, -0.05) is 148 Å². The normalized spacial score (nSPS) is 16.7. The number of carbonyl (C=O) groups excluding carboxylic acids is 8. The SMILES string of the molecule is CC(C)(C)OC(=O)Cl.CN1CCC(=C(Br)c2ccc(C(=O)O)cc2)CC1.CN1CCC(=O)CC1.CN1CCC(=O)CC1.COC(=O)c1ccc(C(Br)C2(Br)CCN(C)CC2)cc1.COC(=O)c1ccc(C=C2CCN(C)CC2)cc1.COC(=O)c1ccc(CBr)cc1.COC(=O)c1ccc(CP(=O)(OC)OC)cc1.O=C1CCCCC1. The lowest BCUT2D eigenvalue weighted by atomic mass is 9.89. The zero-order valence-electron chi connectivity index (χ0n) is 69.8. The molecule has 11 rings (SSSR count). The molecule has 0 aromatic heterocycles. The number of ether oxygens (including phenoxy) is 5. The highest BCUT2D eigenvalue weighted by Crippen LogP contribution is 2.50. The number of likely N-dealkylation sites (tertiary alicyclic amines) is 5. The molecule has 1 N–H and O–H groups in total. The van der Waals surface area contributed by atoms with Crippen LogP contribution < -0.4 is 0 Å². The quantitative estimate of drug-likeness (QED) is 0.0356. The Bertz CT molecular complexity index is 3910. The van der Waals surface area contributed by atoms with E-state index in [2.05, 4.69) is 134 Å². The summed E-state index contributed by atoms with van der Waals surface area (Å²) < 4.78 is 45.8. The van der Waals surface area contributed by atoms with Gasteiger partial charge in [-0.25, -0.2) is 28.8 Å². The summed E-state index contributed by atoms with van der Waals surface area (Å²) in [4.78, 5) is 109. The lowest BCUT2D eigenvalue weighted by Crippen LogP contribution is -2.41. The van der Waals surface area contributed by atoms with E-state index < -0.39 is 30.6 Å². The van der Waals surface area contributed by atoms with Crippen LogP contribution in [0.25, 0.3) is 10.6 Å². The van der Waals surface area contributed by atoms with Crippen molar-refractivity contribution >= 4 is 146 Å². The fraction of sp³-hybridized carbons (Fsp3) is 0.506. The summed E-state index contributed by atoms with van der Waals surface area (Å²) in [7, 11) is 15.6. The third-order valence-corrected chi connectivity index (χ3v) is 26.1. The van der Waals surface area contributed by atoms with E-state index in [9.17, 15) is 47.7 Å². The predicted octanol–water partition coefficient (Wildman–Crippen LogP) is 18.6. The van der Waals surface area contributed by atoms with Crippen molar-refractivity contribution in [3.8, 4) is 0 Å². The Kier molecular flexibility index (Phi) is 49.6. The molecule has 0 bridgehead atoms. The molecule has 29 heteroatoms. The molecular weight excluding hydrogens is 1790 g/mol. The Morgan fingerprint density at radius 3 is 1.13 bits per heavy atom. The Hall–Kier alpha value is -6.43. The van der Waals surface area contributed by atoms with Crippen LogP contribution in [0.2, 0.25) is 0 Å². The minimum absolute atomic E-state index is 0.0757. The average molecular weight is 1910 g/mol. The zero-order valence-corrected chi connectivity index (χ0v) is 77.7. The summed E-state index contributed by atoms with van der Waals surface area (Å²) in [6, 6.07) is 36.1. The second kappa shape index (κ2) is 55.4. The number of methoxy groups -OCH3 is 4. The van der Waals surface area contributed by atoms with Crippen molar-refractivity contribution in [1.29, 1.82) is 0 Å². The number of rotatable bonds is 14. The molecule has 23 nitrogen and oxygen atoms in total. The highest BCUT2D eigenvalue weighted by Gasteiger charge is 2.38. The van der Waals surface area contributed by atoms with Crippen molar-refractivity contribution in [1.82, 2.24) is 24.5 Å². The maximum absolute atomic E-state index is 11.9. The zero-order chi connectivity index (χ0) is 86.6. The van der Waals surface area contributed by atoms with Gasteiger partial charge in [0.1, 0.15) is 23.0 Å². The average Bonchev–Trinajstić information content (AvgIpc) is 0.813. The lowest BCUT2D eigenvalue weighted by Gasteiger charge is -2.39. The largest absolute Gasteiger partial charge is 0.478 e. The van der Waals surface area contributed by atoms with E-state index in [1.54, 1.807) is 69.3 Å². The van der Waals surface area contributed by atoms with Crippen molar-refractivity contribution < 1.29 is 85.6 Å². The number of piperidine rings is 5. The molecule has 0 amide bonds. The maximum atomic E-state index is 11.9. The Balaban J connectivity index is 0.000000345. The molecule has 5 heterocycles. The minimum atomic E-state index is -3.06. The van der Waals surface area contributed by atoms with Crippen LogP contribution in [0, 0.1) is 0 Å². The first kappa shape index (κ1) is 104. The number of carboxylic acid groups (broad SMARTS) is 1. The monoisotopic (exact) mass is 1900 g/mol. The number of carbonyl (C=O) groups is 9. The van der Waals surface area contributed by atoms with E-state index in [1.165, 1.54) is 65.8 Å². The van der Waals surface area contributed by atoms with Gasteiger partial charge in [0.25, 0.3) is 0 Å². The van der Waals surface area contributed by atoms with E-state index in [-0.39, 0.29) is 33.2 Å². The van der Waals surface area contributed by atoms with Crippen LogP contribution in [0.4, 0.5) is 4.79 Å². The molecule has 0 radical (unpaired) electrons. The van der Waals surface area contributed by atoms with E-state index in [4.69, 9.17) is 30.5 Å². The van der Waals surface area contributed by atoms with Crippen LogP contribution in [0.5, 0.6) is 0 Å². The summed E-state index contributed by atoms with van der Waals surface area (Å²) in [5.74, 6) is -0.861. The molecule has 1 unspecified atom stereocenters. The molecule has 6 aliphatic rings. The Morgan fingerprint density at radius 2 is 0.810 bits per heavy atom. The summed E-state index contributed by atoms with van der Waals surface area (Å²) in [5.41, 5.74) is 9.53. The highest BCUT2D eigenvalue weighted by atomic mass is 79.9. The van der Waals surface area contributed by atoms with Gasteiger partial charge >= 0.3 is 42.9 Å². The van der Waals surface area contributed by atoms with Crippen LogP contribution in [-0.2, 0) is 63.2 Å². The van der Waals surface area contributed by atoms with Crippen LogP contribution >= 0.6 is 82.9 Å². The van der Waals surface area contributed by atoms with Gasteiger partial charge in [-0.15, -0.1) is 0 Å². The fourth-order valence-corrected chi connectivity index (χ4v) is 15.4. The molecule has 1 saturated carbocycles. The number of carboxylic acids is 1. The molecule has 1 aliphatic carbocycles. The van der Waals surface area contributed by atoms with Crippen molar-refractivity contribution in [3.05, 3.63) is 188 Å². The molecule has 6 fully saturated rings. The standard InChI is InChI=1S/C15H19Br2NO2.C15H19NO2.C14H16BrNO2.C11H15O5P.C9H9BrO2.2C6H11NO.C6H10O.C5H9ClO2/c1-18-9-7-15(17,8-10-18)13(16)11-3-5-12(6-4-11)14(19)20-2;1-16-9-7-13(8-10-16)11-12-3-5-14(6-4-12)15(17)18-2;1-16-8-6-11(7-9-16)13(15)10-2-4-12(5-3-10)14(17)18;1-14-11(12)10-6-4-9(5-7-10)8-17(13,15-2)16-3;1-12-9(11)8-4-2-7(6-10)3-5-8;2*1-7-4-2-6(8)3-5-7;7-6-4-2-1-3-5-6;1-5(2,3)8-4(6)7/h3-6,13H,7-10H2,1-2H3;3-6,11H,7-10H2,1-2H3;2-5H,6-9H2,1H3,(H,17,18);4-7H,8H2,1-3H3;2-5H,6H2,1H3;2*2-5H2,1H3;1-5H2;1-3H3. The molecule has 640 valence electrons. The smallest absolute Gasteiger partial charge is 0.404 e. The van der Waals surface area contributed by atoms with Gasteiger partial charge in [0.15, 0.2) is 0 Å². The number of Topliss-reactive ketones (excluding diaryl/α,β-unsaturated/α-hetero) is 3. The summed E-state index contributed by atoms with van der Waals surface area (Å²) >= 11 is 19.6. The topological polar surface area (TPSA) is 272 Å². The number of nitrogens with zero attached hydrogens (tertiary/aromatic N) is 5. The first-order valence-electron chi connectivity index (χ1n) is 38.5. The van der Waals surface area contributed by atoms with Gasteiger partial charge in [0.05, 0.1) is 67.2 Å². The number of halogens is 5. The van der Waals surface area contributed by atoms with Crippen LogP contribution in [0.3, 0.4) is 0 Å². The highest BCUT2D eigenvalue weighted by molar-refractivity contribution is 9.15. The molecule has 5 saturated heterocycles. The second-order valence-electron chi connectivity index (χ2n) is 29.5. The van der Waals surface area contributed by atoms with Gasteiger partial charge in [0, 0.05) is 131 Å². The number of hydrogen-bond acceptors (Lipinski definition) is 22. The number of aromatic carboxylic acids is 1. The molecule has 0 spiro atoms. The number of alkyl halides is 3. The number of ketones is 3. The van der Waals surface area contributed by atoms with Crippen LogP contribution in [-0.4, -0.2) is 236 Å². The third-order valence-electron chi connectivity index (χ3n) is 19.2. The van der Waals surface area contributed by atoms with Gasteiger partial charge in [-0.3, -0.25) is 18.9 Å². The van der Waals surface area contributed by atoms with Gasteiger partial charge in [0.2, 0.25) is 0 Å². The van der Waals surface area contributed by atoms with Crippen LogP contribution in [0.1, 0.15) is 202 Å². The number of hydrogen-bond donors (Lipinski definition) is 1. The van der Waals surface area contributed by atoms with Crippen molar-refractivity contribution in [2.75, 3.05) is 143 Å². The predicted molar refractivity (Wildman–Crippen MR) is 473 cm³/mol. The molecule has 5 aromatic rings. The molecule has 116 heavy (non-hydrogen) atoms. The fourth-order valence-electron chi connectivity index (χ4n) is 11.7. The van der Waals surface area contributed by atoms with E-state index >= 15 is 0 Å². The third kappa shape index (κ3) is 41.5. The number of esters is 4.